The van der Waals surface area contributed by atoms with Gasteiger partial charge in [-0.1, -0.05) is 261 Å². The molecule has 6 nitrogen and oxygen atoms in total. The summed E-state index contributed by atoms with van der Waals surface area (Å²) in [6.07, 6.45) is 0. The van der Waals surface area contributed by atoms with Crippen LogP contribution in [0.3, 0.4) is 0 Å². The van der Waals surface area contributed by atoms with Crippen molar-refractivity contribution in [2.45, 2.75) is 0 Å². The number of aromatic nitrogens is 6. The highest BCUT2D eigenvalue weighted by molar-refractivity contribution is 6.25. The monoisotopic (exact) mass is 1110 g/mol. The Morgan fingerprint density at radius 1 is 0.230 bits per heavy atom. The SMILES string of the molecule is c1ccc(-c2cc(-c3ccc(-c4c(-n5c6ccccc6c6c7ccccc7ccc65)c(-c5ccccc5)nc(-n5c6ccccc6c6c7ccccc7ccc65)c4-n4c5ccccc5c5c6ccccc6ccc54)cc3)nc(-c3ccccc3)n2)cc1. The molecule has 0 unspecified atom stereocenters. The minimum Gasteiger partial charge on any atom is -0.306 e. The summed E-state index contributed by atoms with van der Waals surface area (Å²) in [5, 5.41) is 14.2. The summed E-state index contributed by atoms with van der Waals surface area (Å²) in [5.41, 5.74) is 16.9. The summed E-state index contributed by atoms with van der Waals surface area (Å²) >= 11 is 0. The molecule has 0 aliphatic rings. The largest absolute Gasteiger partial charge is 0.306 e. The van der Waals surface area contributed by atoms with E-state index >= 15 is 0 Å². The lowest BCUT2D eigenvalue weighted by molar-refractivity contribution is 1.01. The van der Waals surface area contributed by atoms with Crippen LogP contribution in [-0.4, -0.2) is 28.7 Å². The molecule has 0 N–H and O–H groups in total. The van der Waals surface area contributed by atoms with Crippen molar-refractivity contribution >= 4 is 97.7 Å². The Labute approximate surface area is 500 Å². The lowest BCUT2D eigenvalue weighted by Crippen LogP contribution is -2.13. The van der Waals surface area contributed by atoms with Crippen molar-refractivity contribution in [1.29, 1.82) is 0 Å². The maximum absolute atomic E-state index is 6.36. The van der Waals surface area contributed by atoms with Crippen LogP contribution < -0.4 is 0 Å². The van der Waals surface area contributed by atoms with Gasteiger partial charge in [0.2, 0.25) is 0 Å². The van der Waals surface area contributed by atoms with Crippen molar-refractivity contribution in [1.82, 2.24) is 28.7 Å². The number of nitrogens with zero attached hydrogens (tertiary/aromatic N) is 6. The fourth-order valence-electron chi connectivity index (χ4n) is 14.0. The lowest BCUT2D eigenvalue weighted by Gasteiger charge is -2.26. The Balaban J connectivity index is 1.06. The van der Waals surface area contributed by atoms with E-state index in [1.165, 1.54) is 53.9 Å². The molecule has 6 heteroatoms. The molecule has 0 saturated heterocycles. The zero-order chi connectivity index (χ0) is 57.1. The fraction of sp³-hybridized carbons (Fsp3) is 0. The van der Waals surface area contributed by atoms with Gasteiger partial charge in [0.1, 0.15) is 0 Å². The van der Waals surface area contributed by atoms with Gasteiger partial charge in [0.25, 0.3) is 0 Å². The summed E-state index contributed by atoms with van der Waals surface area (Å²) in [6, 6.07) is 110. The lowest BCUT2D eigenvalue weighted by atomic mass is 9.95. The van der Waals surface area contributed by atoms with Crippen LogP contribution in [-0.2, 0) is 0 Å². The number of fused-ring (bicyclic) bond motifs is 15. The Bertz CT molecular complexity index is 5740. The van der Waals surface area contributed by atoms with E-state index in [-0.39, 0.29) is 0 Å². The fourth-order valence-corrected chi connectivity index (χ4v) is 14.0. The van der Waals surface area contributed by atoms with Crippen LogP contribution in [0.25, 0.3) is 171 Å². The highest BCUT2D eigenvalue weighted by Crippen LogP contribution is 2.50. The summed E-state index contributed by atoms with van der Waals surface area (Å²) in [5.74, 6) is 1.47. The molecular formula is C81H50N6. The molecular weight excluding hydrogens is 1060 g/mol. The number of hydrogen-bond donors (Lipinski definition) is 0. The van der Waals surface area contributed by atoms with Crippen LogP contribution in [0.1, 0.15) is 0 Å². The van der Waals surface area contributed by atoms with Gasteiger partial charge in [0, 0.05) is 60.1 Å². The van der Waals surface area contributed by atoms with Gasteiger partial charge in [-0.3, -0.25) is 4.57 Å². The Kier molecular flexibility index (Phi) is 10.9. The Morgan fingerprint density at radius 2 is 0.586 bits per heavy atom. The molecule has 0 spiro atoms. The summed E-state index contributed by atoms with van der Waals surface area (Å²) < 4.78 is 7.52. The van der Waals surface area contributed by atoms with Gasteiger partial charge >= 0.3 is 0 Å². The quantitative estimate of drug-likeness (QED) is 0.152. The number of pyridine rings is 1. The molecule has 404 valence electrons. The molecule has 13 aromatic carbocycles. The maximum atomic E-state index is 6.36. The second kappa shape index (κ2) is 19.4. The third-order valence-corrected chi connectivity index (χ3v) is 17.8. The molecule has 5 aromatic heterocycles. The minimum atomic E-state index is 0.670. The highest BCUT2D eigenvalue weighted by atomic mass is 15.1. The molecule has 87 heavy (non-hydrogen) atoms. The van der Waals surface area contributed by atoms with E-state index in [0.29, 0.717) is 5.82 Å². The Hall–Kier alpha value is -11.7. The molecule has 0 bridgehead atoms. The van der Waals surface area contributed by atoms with Crippen molar-refractivity contribution < 1.29 is 0 Å². The van der Waals surface area contributed by atoms with Crippen LogP contribution in [0.4, 0.5) is 0 Å². The van der Waals surface area contributed by atoms with Gasteiger partial charge in [0.15, 0.2) is 11.6 Å². The van der Waals surface area contributed by atoms with Crippen LogP contribution in [0.5, 0.6) is 0 Å². The molecule has 18 aromatic rings. The molecule has 0 atom stereocenters. The first-order chi connectivity index (χ1) is 43.2. The molecule has 0 aliphatic heterocycles. The smallest absolute Gasteiger partial charge is 0.163 e. The third kappa shape index (κ3) is 7.51. The second-order valence-electron chi connectivity index (χ2n) is 22.6. The van der Waals surface area contributed by atoms with E-state index < -0.39 is 0 Å². The van der Waals surface area contributed by atoms with Gasteiger partial charge in [-0.15, -0.1) is 0 Å². The van der Waals surface area contributed by atoms with Crippen molar-refractivity contribution in [2.75, 3.05) is 0 Å². The predicted octanol–water partition coefficient (Wildman–Crippen LogP) is 21.0. The highest BCUT2D eigenvalue weighted by Gasteiger charge is 2.32. The van der Waals surface area contributed by atoms with Crippen LogP contribution in [0, 0.1) is 0 Å². The molecule has 0 amide bonds. The molecule has 18 rings (SSSR count). The normalized spacial score (nSPS) is 11.9. The van der Waals surface area contributed by atoms with E-state index in [2.05, 4.69) is 293 Å². The molecule has 0 radical (unpaired) electrons. The minimum absolute atomic E-state index is 0.670. The van der Waals surface area contributed by atoms with Crippen LogP contribution >= 0.6 is 0 Å². The average Bonchev–Trinajstić information content (AvgIpc) is 1.64. The van der Waals surface area contributed by atoms with E-state index in [9.17, 15) is 0 Å². The topological polar surface area (TPSA) is 53.5 Å². The Morgan fingerprint density at radius 3 is 1.07 bits per heavy atom. The van der Waals surface area contributed by atoms with E-state index in [1.54, 1.807) is 0 Å². The van der Waals surface area contributed by atoms with E-state index in [4.69, 9.17) is 15.0 Å². The average molecular weight is 1110 g/mol. The summed E-state index contributed by atoms with van der Waals surface area (Å²) in [4.78, 5) is 16.9. The van der Waals surface area contributed by atoms with Crippen molar-refractivity contribution in [3.63, 3.8) is 0 Å². The van der Waals surface area contributed by atoms with Crippen molar-refractivity contribution in [2.24, 2.45) is 0 Å². The number of benzene rings is 13. The number of para-hydroxylation sites is 3. The van der Waals surface area contributed by atoms with Gasteiger partial charge in [-0.25, -0.2) is 15.0 Å². The van der Waals surface area contributed by atoms with E-state index in [0.717, 1.165) is 112 Å². The maximum Gasteiger partial charge on any atom is 0.163 e. The van der Waals surface area contributed by atoms with Crippen molar-refractivity contribution in [3.8, 4) is 73.5 Å². The van der Waals surface area contributed by atoms with E-state index in [1.807, 2.05) is 24.3 Å². The first-order valence-corrected chi connectivity index (χ1v) is 29.7. The summed E-state index contributed by atoms with van der Waals surface area (Å²) in [7, 11) is 0. The van der Waals surface area contributed by atoms with Crippen molar-refractivity contribution in [3.05, 3.63) is 303 Å². The number of rotatable bonds is 8. The standard InChI is InChI=1S/C81H50N6/c1-4-25-54(26-5-1)65-50-66(83-80(82-65)58-29-8-3-9-30-58)55-40-42-56(43-41-55)73-78(85-67-37-19-16-34-62(67)74-59-31-13-10-22-51(59)44-47-70(74)85)77(57-27-6-2-7-28-57)84-81(87-69-39-21-18-36-64(69)76-61-33-15-12-24-53(61)46-49-72(76)87)79(73)86-68-38-20-17-35-63(68)75-60-32-14-11-23-52(60)45-48-71(75)86/h1-50H. The number of hydrogen-bond acceptors (Lipinski definition) is 3. The van der Waals surface area contributed by atoms with Gasteiger partial charge < -0.3 is 9.13 Å². The first-order valence-electron chi connectivity index (χ1n) is 29.7. The first kappa shape index (κ1) is 48.8. The second-order valence-corrected chi connectivity index (χ2v) is 22.6. The summed E-state index contributed by atoms with van der Waals surface area (Å²) in [6.45, 7) is 0. The molecule has 0 saturated carbocycles. The van der Waals surface area contributed by atoms with Gasteiger partial charge in [-0.2, -0.15) is 0 Å². The predicted molar refractivity (Wildman–Crippen MR) is 363 cm³/mol. The molecule has 0 aliphatic carbocycles. The zero-order valence-electron chi connectivity index (χ0n) is 47.1. The van der Waals surface area contributed by atoms with Crippen LogP contribution in [0.15, 0.2) is 303 Å². The zero-order valence-corrected chi connectivity index (χ0v) is 47.1. The van der Waals surface area contributed by atoms with Gasteiger partial charge in [0.05, 0.1) is 61.6 Å². The molecule has 0 fully saturated rings. The molecule has 5 heterocycles. The third-order valence-electron chi connectivity index (χ3n) is 17.8. The van der Waals surface area contributed by atoms with Crippen LogP contribution in [0.2, 0.25) is 0 Å². The van der Waals surface area contributed by atoms with Gasteiger partial charge in [-0.05, 0) is 80.3 Å².